The van der Waals surface area contributed by atoms with Crippen LogP contribution in [0.2, 0.25) is 0 Å². The van der Waals surface area contributed by atoms with Crippen LogP contribution in [0, 0.1) is 0 Å². The van der Waals surface area contributed by atoms with Gasteiger partial charge in [-0.3, -0.25) is 4.79 Å². The number of carbonyl (C=O) groups is 1. The first kappa shape index (κ1) is 17.5. The van der Waals surface area contributed by atoms with Gasteiger partial charge in [0, 0.05) is 17.0 Å². The lowest BCUT2D eigenvalue weighted by Crippen LogP contribution is -2.13. The summed E-state index contributed by atoms with van der Waals surface area (Å²) in [4.78, 5) is 13.1. The SMILES string of the molecule is CCOc1ccc(NC(=O)CSc2ccc3c(c2)OCCCO3)cc1. The Morgan fingerprint density at radius 3 is 2.64 bits per heavy atom. The molecule has 0 radical (unpaired) electrons. The van der Waals surface area contributed by atoms with E-state index in [1.165, 1.54) is 11.8 Å². The van der Waals surface area contributed by atoms with E-state index in [1.807, 2.05) is 49.4 Å². The summed E-state index contributed by atoms with van der Waals surface area (Å²) in [5.41, 5.74) is 0.757. The summed E-state index contributed by atoms with van der Waals surface area (Å²) in [7, 11) is 0. The van der Waals surface area contributed by atoms with Gasteiger partial charge >= 0.3 is 0 Å². The van der Waals surface area contributed by atoms with Crippen molar-refractivity contribution >= 4 is 23.4 Å². The Morgan fingerprint density at radius 1 is 1.12 bits per heavy atom. The van der Waals surface area contributed by atoms with Gasteiger partial charge in [0.2, 0.25) is 5.91 Å². The lowest BCUT2D eigenvalue weighted by atomic mass is 10.3. The molecule has 0 aliphatic carbocycles. The van der Waals surface area contributed by atoms with Crippen LogP contribution >= 0.6 is 11.8 Å². The fraction of sp³-hybridized carbons (Fsp3) is 0.316. The van der Waals surface area contributed by atoms with Gasteiger partial charge in [0.05, 0.1) is 25.6 Å². The molecule has 0 saturated carbocycles. The summed E-state index contributed by atoms with van der Waals surface area (Å²) in [6, 6.07) is 13.1. The summed E-state index contributed by atoms with van der Waals surface area (Å²) in [5.74, 6) is 2.57. The molecule has 3 rings (SSSR count). The highest BCUT2D eigenvalue weighted by Crippen LogP contribution is 2.33. The molecule has 2 aromatic rings. The van der Waals surface area contributed by atoms with Crippen molar-refractivity contribution in [3.05, 3.63) is 42.5 Å². The molecule has 1 N–H and O–H groups in total. The Labute approximate surface area is 151 Å². The minimum atomic E-state index is -0.0544. The van der Waals surface area contributed by atoms with Crippen molar-refractivity contribution in [3.8, 4) is 17.2 Å². The second-order valence-corrected chi connectivity index (χ2v) is 6.50. The smallest absolute Gasteiger partial charge is 0.234 e. The van der Waals surface area contributed by atoms with Gasteiger partial charge in [-0.2, -0.15) is 0 Å². The van der Waals surface area contributed by atoms with Crippen LogP contribution in [0.3, 0.4) is 0 Å². The van der Waals surface area contributed by atoms with Crippen LogP contribution < -0.4 is 19.5 Å². The Morgan fingerprint density at radius 2 is 1.88 bits per heavy atom. The molecule has 1 amide bonds. The molecule has 0 atom stereocenters. The molecular formula is C19H21NO4S. The second-order valence-electron chi connectivity index (χ2n) is 5.45. The summed E-state index contributed by atoms with van der Waals surface area (Å²) >= 11 is 1.47. The van der Waals surface area contributed by atoms with Gasteiger partial charge in [-0.05, 0) is 49.4 Å². The molecule has 0 unspecified atom stereocenters. The van der Waals surface area contributed by atoms with E-state index in [0.717, 1.165) is 34.3 Å². The zero-order chi connectivity index (χ0) is 17.5. The minimum Gasteiger partial charge on any atom is -0.494 e. The van der Waals surface area contributed by atoms with Crippen molar-refractivity contribution in [2.45, 2.75) is 18.2 Å². The highest BCUT2D eigenvalue weighted by Gasteiger charge is 2.12. The van der Waals surface area contributed by atoms with Gasteiger partial charge in [0.15, 0.2) is 11.5 Å². The third kappa shape index (κ3) is 5.06. The number of hydrogen-bond acceptors (Lipinski definition) is 5. The maximum absolute atomic E-state index is 12.1. The Balaban J connectivity index is 1.52. The monoisotopic (exact) mass is 359 g/mol. The number of ether oxygens (including phenoxy) is 3. The van der Waals surface area contributed by atoms with Crippen molar-refractivity contribution in [1.82, 2.24) is 0 Å². The Hall–Kier alpha value is -2.34. The van der Waals surface area contributed by atoms with Crippen molar-refractivity contribution in [2.75, 3.05) is 30.9 Å². The van der Waals surface area contributed by atoms with E-state index in [-0.39, 0.29) is 5.91 Å². The van der Waals surface area contributed by atoms with E-state index in [1.54, 1.807) is 0 Å². The number of carbonyl (C=O) groups excluding carboxylic acids is 1. The van der Waals surface area contributed by atoms with Crippen molar-refractivity contribution in [2.24, 2.45) is 0 Å². The summed E-state index contributed by atoms with van der Waals surface area (Å²) < 4.78 is 16.7. The van der Waals surface area contributed by atoms with Crippen LogP contribution in [0.5, 0.6) is 17.2 Å². The van der Waals surface area contributed by atoms with E-state index in [0.29, 0.717) is 25.6 Å². The van der Waals surface area contributed by atoms with Gasteiger partial charge in [-0.25, -0.2) is 0 Å². The standard InChI is InChI=1S/C19H21NO4S/c1-2-22-15-6-4-14(5-7-15)20-19(21)13-25-16-8-9-17-18(12-16)24-11-3-10-23-17/h4-9,12H,2-3,10-11,13H2,1H3,(H,20,21). The number of anilines is 1. The molecule has 6 heteroatoms. The average Bonchev–Trinajstić information content (AvgIpc) is 2.87. The predicted molar refractivity (Wildman–Crippen MR) is 99.0 cm³/mol. The molecular weight excluding hydrogens is 338 g/mol. The number of rotatable bonds is 6. The largest absolute Gasteiger partial charge is 0.494 e. The fourth-order valence-electron chi connectivity index (χ4n) is 2.38. The molecule has 2 aromatic carbocycles. The first-order valence-electron chi connectivity index (χ1n) is 8.30. The van der Waals surface area contributed by atoms with E-state index in [4.69, 9.17) is 14.2 Å². The number of thioether (sulfide) groups is 1. The normalized spacial score (nSPS) is 13.0. The maximum atomic E-state index is 12.1. The third-order valence-corrected chi connectivity index (χ3v) is 4.53. The zero-order valence-corrected chi connectivity index (χ0v) is 14.9. The number of fused-ring (bicyclic) bond motifs is 1. The summed E-state index contributed by atoms with van der Waals surface area (Å²) in [5, 5.41) is 2.88. The number of amides is 1. The van der Waals surface area contributed by atoms with E-state index >= 15 is 0 Å². The molecule has 0 saturated heterocycles. The minimum absolute atomic E-state index is 0.0544. The van der Waals surface area contributed by atoms with Crippen molar-refractivity contribution in [3.63, 3.8) is 0 Å². The first-order valence-corrected chi connectivity index (χ1v) is 9.28. The van der Waals surface area contributed by atoms with Crippen molar-refractivity contribution in [1.29, 1.82) is 0 Å². The van der Waals surface area contributed by atoms with Gasteiger partial charge in [0.25, 0.3) is 0 Å². The number of benzene rings is 2. The van der Waals surface area contributed by atoms with Crippen LogP contribution in [-0.4, -0.2) is 31.5 Å². The summed E-state index contributed by atoms with van der Waals surface area (Å²) in [6.45, 7) is 3.88. The predicted octanol–water partition coefficient (Wildman–Crippen LogP) is 3.98. The second kappa shape index (κ2) is 8.67. The molecule has 25 heavy (non-hydrogen) atoms. The Kier molecular flexibility index (Phi) is 6.06. The highest BCUT2D eigenvalue weighted by atomic mass is 32.2. The molecule has 132 valence electrons. The van der Waals surface area contributed by atoms with Crippen LogP contribution in [0.25, 0.3) is 0 Å². The summed E-state index contributed by atoms with van der Waals surface area (Å²) in [6.07, 6.45) is 0.877. The molecule has 0 spiro atoms. The molecule has 0 aromatic heterocycles. The van der Waals surface area contributed by atoms with E-state index < -0.39 is 0 Å². The molecule has 1 aliphatic heterocycles. The maximum Gasteiger partial charge on any atom is 0.234 e. The molecule has 0 fully saturated rings. The average molecular weight is 359 g/mol. The van der Waals surface area contributed by atoms with Gasteiger partial charge in [-0.15, -0.1) is 11.8 Å². The molecule has 1 heterocycles. The van der Waals surface area contributed by atoms with Gasteiger partial charge in [0.1, 0.15) is 5.75 Å². The number of hydrogen-bond donors (Lipinski definition) is 1. The highest BCUT2D eigenvalue weighted by molar-refractivity contribution is 8.00. The van der Waals surface area contributed by atoms with Crippen LogP contribution in [0.15, 0.2) is 47.4 Å². The van der Waals surface area contributed by atoms with Crippen LogP contribution in [-0.2, 0) is 4.79 Å². The number of nitrogens with one attached hydrogen (secondary N) is 1. The zero-order valence-electron chi connectivity index (χ0n) is 14.1. The van der Waals surface area contributed by atoms with Gasteiger partial charge in [-0.1, -0.05) is 0 Å². The quantitative estimate of drug-likeness (QED) is 0.791. The fourth-order valence-corrected chi connectivity index (χ4v) is 3.11. The molecule has 0 bridgehead atoms. The molecule has 1 aliphatic rings. The lowest BCUT2D eigenvalue weighted by Gasteiger charge is -2.09. The van der Waals surface area contributed by atoms with Crippen molar-refractivity contribution < 1.29 is 19.0 Å². The topological polar surface area (TPSA) is 56.8 Å². The third-order valence-electron chi connectivity index (χ3n) is 3.54. The van der Waals surface area contributed by atoms with Crippen LogP contribution in [0.4, 0.5) is 5.69 Å². The van der Waals surface area contributed by atoms with Gasteiger partial charge < -0.3 is 19.5 Å². The van der Waals surface area contributed by atoms with E-state index in [9.17, 15) is 4.79 Å². The first-order chi connectivity index (χ1) is 12.2. The van der Waals surface area contributed by atoms with E-state index in [2.05, 4.69) is 5.32 Å². The molecule has 5 nitrogen and oxygen atoms in total. The lowest BCUT2D eigenvalue weighted by molar-refractivity contribution is -0.113. The van der Waals surface area contributed by atoms with Crippen LogP contribution in [0.1, 0.15) is 13.3 Å². The Bertz CT molecular complexity index is 718.